The fraction of sp³-hybridized carbons (Fsp3) is 0.286. The van der Waals surface area contributed by atoms with Gasteiger partial charge in [0.2, 0.25) is 11.7 Å². The molecule has 4 rings (SSSR count). The summed E-state index contributed by atoms with van der Waals surface area (Å²) in [4.78, 5) is 19.1. The van der Waals surface area contributed by atoms with Gasteiger partial charge in [-0.05, 0) is 61.4 Å². The highest BCUT2D eigenvalue weighted by Gasteiger charge is 2.28. The lowest BCUT2D eigenvalue weighted by molar-refractivity contribution is 0.0704. The number of piperidine rings is 1. The zero-order chi connectivity index (χ0) is 19.5. The Morgan fingerprint density at radius 2 is 1.79 bits per heavy atom. The molecule has 0 unspecified atom stereocenters. The molecular formula is C21H20BrN3O3. The van der Waals surface area contributed by atoms with Crippen LogP contribution in [0.3, 0.4) is 0 Å². The number of nitrogens with zero attached hydrogens (tertiary/aromatic N) is 3. The highest BCUT2D eigenvalue weighted by Crippen LogP contribution is 2.29. The number of carbonyl (C=O) groups is 1. The first kappa shape index (κ1) is 18.7. The fourth-order valence-corrected chi connectivity index (χ4v) is 3.63. The Bertz CT molecular complexity index is 946. The van der Waals surface area contributed by atoms with Gasteiger partial charge < -0.3 is 14.2 Å². The molecule has 0 N–H and O–H groups in total. The molecule has 1 fully saturated rings. The summed E-state index contributed by atoms with van der Waals surface area (Å²) in [6.45, 7) is 1.36. The van der Waals surface area contributed by atoms with Crippen LogP contribution in [0.2, 0.25) is 0 Å². The normalized spacial score (nSPS) is 14.9. The zero-order valence-electron chi connectivity index (χ0n) is 15.5. The van der Waals surface area contributed by atoms with Crippen molar-refractivity contribution in [2.75, 3.05) is 20.2 Å². The summed E-state index contributed by atoms with van der Waals surface area (Å²) in [5, 5.41) is 4.12. The number of hydrogen-bond donors (Lipinski definition) is 0. The van der Waals surface area contributed by atoms with Gasteiger partial charge in [0, 0.05) is 34.6 Å². The number of likely N-dealkylation sites (tertiary alicyclic amines) is 1. The Morgan fingerprint density at radius 3 is 2.43 bits per heavy atom. The molecule has 6 nitrogen and oxygen atoms in total. The van der Waals surface area contributed by atoms with E-state index in [1.807, 2.05) is 53.4 Å². The Morgan fingerprint density at radius 1 is 1.11 bits per heavy atom. The van der Waals surface area contributed by atoms with Crippen LogP contribution >= 0.6 is 15.9 Å². The lowest BCUT2D eigenvalue weighted by Gasteiger charge is -2.30. The van der Waals surface area contributed by atoms with Crippen LogP contribution in [0, 0.1) is 0 Å². The third kappa shape index (κ3) is 3.94. The topological polar surface area (TPSA) is 68.5 Å². The highest BCUT2D eigenvalue weighted by atomic mass is 79.9. The Kier molecular flexibility index (Phi) is 5.43. The van der Waals surface area contributed by atoms with Crippen molar-refractivity contribution in [2.24, 2.45) is 0 Å². The van der Waals surface area contributed by atoms with Crippen molar-refractivity contribution in [1.82, 2.24) is 15.0 Å². The second-order valence-corrected chi connectivity index (χ2v) is 7.67. The van der Waals surface area contributed by atoms with Crippen LogP contribution in [0.5, 0.6) is 5.75 Å². The number of rotatable bonds is 4. The molecule has 7 heteroatoms. The number of amides is 1. The summed E-state index contributed by atoms with van der Waals surface area (Å²) < 4.78 is 11.6. The first-order chi connectivity index (χ1) is 13.6. The molecular weight excluding hydrogens is 422 g/mol. The number of hydrogen-bond acceptors (Lipinski definition) is 5. The van der Waals surface area contributed by atoms with Gasteiger partial charge in [-0.1, -0.05) is 21.1 Å². The van der Waals surface area contributed by atoms with Crippen LogP contribution in [-0.2, 0) is 0 Å². The Labute approximate surface area is 171 Å². The molecule has 3 aromatic rings. The third-order valence-electron chi connectivity index (χ3n) is 5.01. The maximum atomic E-state index is 12.6. The molecule has 0 bridgehead atoms. The molecule has 0 atom stereocenters. The average molecular weight is 442 g/mol. The lowest BCUT2D eigenvalue weighted by Crippen LogP contribution is -2.37. The third-order valence-corrected chi connectivity index (χ3v) is 5.54. The first-order valence-corrected chi connectivity index (χ1v) is 9.96. The first-order valence-electron chi connectivity index (χ1n) is 9.17. The molecule has 0 spiro atoms. The van der Waals surface area contributed by atoms with Gasteiger partial charge in [-0.15, -0.1) is 0 Å². The molecule has 144 valence electrons. The minimum atomic E-state index is 0.0652. The Hall–Kier alpha value is -2.67. The van der Waals surface area contributed by atoms with E-state index in [4.69, 9.17) is 9.26 Å². The molecule has 1 aliphatic heterocycles. The largest absolute Gasteiger partial charge is 0.497 e. The monoisotopic (exact) mass is 441 g/mol. The van der Waals surface area contributed by atoms with Crippen molar-refractivity contribution in [3.05, 3.63) is 64.5 Å². The van der Waals surface area contributed by atoms with Crippen molar-refractivity contribution in [3.8, 4) is 17.1 Å². The van der Waals surface area contributed by atoms with Crippen molar-refractivity contribution >= 4 is 21.8 Å². The summed E-state index contributed by atoms with van der Waals surface area (Å²) in [5.41, 5.74) is 1.60. The predicted octanol–water partition coefficient (Wildman–Crippen LogP) is 4.53. The SMILES string of the molecule is COc1ccc(-c2noc(C3CCN(C(=O)c4ccc(Br)cc4)CC3)n2)cc1. The molecule has 1 amide bonds. The van der Waals surface area contributed by atoms with Crippen LogP contribution in [0.25, 0.3) is 11.4 Å². The van der Waals surface area contributed by atoms with Crippen LogP contribution in [-0.4, -0.2) is 41.1 Å². The minimum absolute atomic E-state index is 0.0652. The van der Waals surface area contributed by atoms with Gasteiger partial charge in [0.1, 0.15) is 5.75 Å². The average Bonchev–Trinajstić information content (AvgIpc) is 3.24. The van der Waals surface area contributed by atoms with E-state index in [1.54, 1.807) is 7.11 Å². The van der Waals surface area contributed by atoms with Gasteiger partial charge in [0.05, 0.1) is 7.11 Å². The molecule has 1 aliphatic rings. The minimum Gasteiger partial charge on any atom is -0.497 e. The van der Waals surface area contributed by atoms with Gasteiger partial charge in [0.15, 0.2) is 0 Å². The van der Waals surface area contributed by atoms with Gasteiger partial charge in [-0.3, -0.25) is 4.79 Å². The zero-order valence-corrected chi connectivity index (χ0v) is 17.1. The van der Waals surface area contributed by atoms with E-state index in [2.05, 4.69) is 26.1 Å². The summed E-state index contributed by atoms with van der Waals surface area (Å²) in [5.74, 6) is 2.24. The van der Waals surface area contributed by atoms with E-state index in [9.17, 15) is 4.79 Å². The maximum absolute atomic E-state index is 12.6. The summed E-state index contributed by atoms with van der Waals surface area (Å²) in [6, 6.07) is 15.0. The van der Waals surface area contributed by atoms with Crippen molar-refractivity contribution in [2.45, 2.75) is 18.8 Å². The molecule has 1 saturated heterocycles. The van der Waals surface area contributed by atoms with Gasteiger partial charge in [0.25, 0.3) is 5.91 Å². The number of carbonyl (C=O) groups excluding carboxylic acids is 1. The summed E-state index contributed by atoms with van der Waals surface area (Å²) in [6.07, 6.45) is 1.62. The molecule has 28 heavy (non-hydrogen) atoms. The summed E-state index contributed by atoms with van der Waals surface area (Å²) >= 11 is 3.40. The van der Waals surface area contributed by atoms with E-state index in [-0.39, 0.29) is 11.8 Å². The van der Waals surface area contributed by atoms with Crippen LogP contribution < -0.4 is 4.74 Å². The van der Waals surface area contributed by atoms with Crippen molar-refractivity contribution in [1.29, 1.82) is 0 Å². The van der Waals surface area contributed by atoms with E-state index in [0.717, 1.165) is 28.6 Å². The van der Waals surface area contributed by atoms with Gasteiger partial charge in [-0.2, -0.15) is 4.98 Å². The molecule has 0 saturated carbocycles. The van der Waals surface area contributed by atoms with Crippen LogP contribution in [0.15, 0.2) is 57.5 Å². The van der Waals surface area contributed by atoms with Crippen molar-refractivity contribution < 1.29 is 14.1 Å². The number of ether oxygens (including phenoxy) is 1. The molecule has 1 aromatic heterocycles. The number of halogens is 1. The Balaban J connectivity index is 1.39. The lowest BCUT2D eigenvalue weighted by atomic mass is 9.96. The molecule has 0 radical (unpaired) electrons. The van der Waals surface area contributed by atoms with E-state index in [1.165, 1.54) is 0 Å². The fourth-order valence-electron chi connectivity index (χ4n) is 3.36. The standard InChI is InChI=1S/C21H20BrN3O3/c1-27-18-8-4-14(5-9-18)19-23-20(28-24-19)15-10-12-25(13-11-15)21(26)16-2-6-17(22)7-3-16/h2-9,15H,10-13H2,1H3. The predicted molar refractivity (Wildman–Crippen MR) is 108 cm³/mol. The number of methoxy groups -OCH3 is 1. The van der Waals surface area contributed by atoms with Gasteiger partial charge >= 0.3 is 0 Å². The second kappa shape index (κ2) is 8.14. The maximum Gasteiger partial charge on any atom is 0.253 e. The smallest absolute Gasteiger partial charge is 0.253 e. The van der Waals surface area contributed by atoms with E-state index < -0.39 is 0 Å². The second-order valence-electron chi connectivity index (χ2n) is 6.76. The van der Waals surface area contributed by atoms with E-state index in [0.29, 0.717) is 30.4 Å². The van der Waals surface area contributed by atoms with Gasteiger partial charge in [-0.25, -0.2) is 0 Å². The highest BCUT2D eigenvalue weighted by molar-refractivity contribution is 9.10. The number of benzene rings is 2. The number of aromatic nitrogens is 2. The van der Waals surface area contributed by atoms with Crippen molar-refractivity contribution in [3.63, 3.8) is 0 Å². The molecule has 2 aromatic carbocycles. The van der Waals surface area contributed by atoms with E-state index >= 15 is 0 Å². The quantitative estimate of drug-likeness (QED) is 0.594. The van der Waals surface area contributed by atoms with Crippen LogP contribution in [0.4, 0.5) is 0 Å². The molecule has 0 aliphatic carbocycles. The molecule has 2 heterocycles. The summed E-state index contributed by atoms with van der Waals surface area (Å²) in [7, 11) is 1.63. The van der Waals surface area contributed by atoms with Crippen LogP contribution in [0.1, 0.15) is 35.0 Å².